The highest BCUT2D eigenvalue weighted by atomic mass is 79.9. The molecule has 3 rings (SSSR count). The van der Waals surface area contributed by atoms with Gasteiger partial charge in [0.1, 0.15) is 6.33 Å². The molecule has 0 aliphatic heterocycles. The van der Waals surface area contributed by atoms with Gasteiger partial charge in [0.05, 0.1) is 38.9 Å². The molecular formula is C18H15BrN4O3S. The lowest BCUT2D eigenvalue weighted by molar-refractivity contribution is 0.597. The Balaban J connectivity index is 2.20. The van der Waals surface area contributed by atoms with Crippen molar-refractivity contribution in [2.75, 3.05) is 11.2 Å². The van der Waals surface area contributed by atoms with Crippen LogP contribution in [-0.2, 0) is 9.84 Å². The molecule has 0 radical (unpaired) electrons. The normalized spacial score (nSPS) is 11.3. The molecule has 2 aromatic carbocycles. The molecule has 0 fully saturated rings. The fourth-order valence-electron chi connectivity index (χ4n) is 2.65. The summed E-state index contributed by atoms with van der Waals surface area (Å²) in [5.74, 6) is -0.107. The third kappa shape index (κ3) is 3.59. The Morgan fingerprint density at radius 1 is 1.30 bits per heavy atom. The maximum Gasteiger partial charge on any atom is 0.280 e. The minimum absolute atomic E-state index is 0.0152. The maximum atomic E-state index is 12.8. The zero-order valence-electron chi connectivity index (χ0n) is 14.5. The van der Waals surface area contributed by atoms with E-state index in [9.17, 15) is 13.2 Å². The zero-order valence-corrected chi connectivity index (χ0v) is 16.9. The average Bonchev–Trinajstić information content (AvgIpc) is 2.64. The Kier molecular flexibility index (Phi) is 5.04. The number of anilines is 1. The van der Waals surface area contributed by atoms with Crippen LogP contribution in [0.5, 0.6) is 0 Å². The van der Waals surface area contributed by atoms with Gasteiger partial charge in [-0.1, -0.05) is 6.92 Å². The number of nitrogens with one attached hydrogen (secondary N) is 1. The number of hydrogen-bond donors (Lipinski definition) is 1. The topological polar surface area (TPSA) is 105 Å². The van der Waals surface area contributed by atoms with Crippen LogP contribution in [0.2, 0.25) is 0 Å². The lowest BCUT2D eigenvalue weighted by Crippen LogP contribution is -2.27. The highest BCUT2D eigenvalue weighted by Crippen LogP contribution is 2.25. The van der Waals surface area contributed by atoms with Crippen molar-refractivity contribution in [2.24, 2.45) is 0 Å². The standard InChI is InChI=1S/C18H15BrN4O3S/c1-3-27(25,26)16-5-4-12(9-20)8-15(16)22-23-10-21-17-13(18(23)24)6-11(2)7-14(17)19/h4-8,10,22H,3H2,1-2H3. The van der Waals surface area contributed by atoms with E-state index in [1.807, 2.05) is 19.1 Å². The molecule has 1 N–H and O–H groups in total. The van der Waals surface area contributed by atoms with E-state index in [1.165, 1.54) is 31.5 Å². The number of fused-ring (bicyclic) bond motifs is 1. The second kappa shape index (κ2) is 7.13. The van der Waals surface area contributed by atoms with E-state index in [0.717, 1.165) is 10.2 Å². The molecule has 0 atom stereocenters. The number of nitriles is 1. The molecule has 0 spiro atoms. The zero-order chi connectivity index (χ0) is 19.8. The average molecular weight is 447 g/mol. The second-order valence-corrected chi connectivity index (χ2v) is 9.00. The molecule has 1 heterocycles. The van der Waals surface area contributed by atoms with Gasteiger partial charge in [-0.15, -0.1) is 0 Å². The molecule has 0 saturated heterocycles. The summed E-state index contributed by atoms with van der Waals surface area (Å²) in [4.78, 5) is 17.1. The van der Waals surface area contributed by atoms with E-state index >= 15 is 0 Å². The lowest BCUT2D eigenvalue weighted by atomic mass is 10.2. The van der Waals surface area contributed by atoms with Gasteiger partial charge >= 0.3 is 0 Å². The lowest BCUT2D eigenvalue weighted by Gasteiger charge is -2.14. The van der Waals surface area contributed by atoms with Gasteiger partial charge in [-0.25, -0.2) is 18.1 Å². The summed E-state index contributed by atoms with van der Waals surface area (Å²) in [7, 11) is -3.56. The van der Waals surface area contributed by atoms with Crippen molar-refractivity contribution in [3.05, 3.63) is 62.6 Å². The summed E-state index contributed by atoms with van der Waals surface area (Å²) >= 11 is 3.39. The van der Waals surface area contributed by atoms with Gasteiger partial charge < -0.3 is 0 Å². The van der Waals surface area contributed by atoms with Crippen molar-refractivity contribution in [3.63, 3.8) is 0 Å². The van der Waals surface area contributed by atoms with Gasteiger partial charge in [-0.05, 0) is 58.7 Å². The van der Waals surface area contributed by atoms with Gasteiger partial charge in [0.25, 0.3) is 5.56 Å². The molecule has 9 heteroatoms. The maximum absolute atomic E-state index is 12.8. The summed E-state index contributed by atoms with van der Waals surface area (Å²) in [5, 5.41) is 9.51. The van der Waals surface area contributed by atoms with Gasteiger partial charge in [-0.3, -0.25) is 10.2 Å². The van der Waals surface area contributed by atoms with Crippen LogP contribution in [0.1, 0.15) is 18.1 Å². The first-order valence-corrected chi connectivity index (χ1v) is 10.4. The summed E-state index contributed by atoms with van der Waals surface area (Å²) in [6, 6.07) is 9.71. The number of sulfone groups is 1. The highest BCUT2D eigenvalue weighted by Gasteiger charge is 2.18. The summed E-state index contributed by atoms with van der Waals surface area (Å²) in [6.07, 6.45) is 1.28. The van der Waals surface area contributed by atoms with Crippen LogP contribution >= 0.6 is 15.9 Å². The largest absolute Gasteiger partial charge is 0.289 e. The molecule has 0 unspecified atom stereocenters. The van der Waals surface area contributed by atoms with E-state index in [2.05, 4.69) is 26.3 Å². The van der Waals surface area contributed by atoms with E-state index < -0.39 is 9.84 Å². The minimum atomic E-state index is -3.56. The predicted octanol–water partition coefficient (Wildman–Crippen LogP) is 3.01. The molecule has 0 bridgehead atoms. The Bertz CT molecular complexity index is 1260. The van der Waals surface area contributed by atoms with Crippen molar-refractivity contribution in [2.45, 2.75) is 18.7 Å². The third-order valence-corrected chi connectivity index (χ3v) is 6.41. The van der Waals surface area contributed by atoms with Crippen LogP contribution < -0.4 is 11.0 Å². The number of aryl methyl sites for hydroxylation is 1. The molecule has 0 amide bonds. The van der Waals surface area contributed by atoms with Crippen molar-refractivity contribution < 1.29 is 8.42 Å². The molecule has 138 valence electrons. The monoisotopic (exact) mass is 446 g/mol. The van der Waals surface area contributed by atoms with Gasteiger partial charge in [0, 0.05) is 4.47 Å². The molecule has 0 aliphatic rings. The number of rotatable bonds is 4. The molecule has 1 aromatic heterocycles. The molecule has 0 aliphatic carbocycles. The summed E-state index contributed by atoms with van der Waals surface area (Å²) < 4.78 is 26.5. The molecule has 0 saturated carbocycles. The Hall–Kier alpha value is -2.70. The Morgan fingerprint density at radius 2 is 2.04 bits per heavy atom. The number of hydrogen-bond acceptors (Lipinski definition) is 6. The van der Waals surface area contributed by atoms with Crippen molar-refractivity contribution in [3.8, 4) is 6.07 Å². The summed E-state index contributed by atoms with van der Waals surface area (Å²) in [6.45, 7) is 3.39. The van der Waals surface area contributed by atoms with Crippen LogP contribution in [0.3, 0.4) is 0 Å². The smallest absolute Gasteiger partial charge is 0.280 e. The molecule has 7 nitrogen and oxygen atoms in total. The number of nitrogens with zero attached hydrogens (tertiary/aromatic N) is 3. The van der Waals surface area contributed by atoms with Crippen LogP contribution in [-0.4, -0.2) is 23.8 Å². The minimum Gasteiger partial charge on any atom is -0.289 e. The van der Waals surface area contributed by atoms with Gasteiger partial charge in [0.2, 0.25) is 0 Å². The quantitative estimate of drug-likeness (QED) is 0.660. The predicted molar refractivity (Wildman–Crippen MR) is 106 cm³/mol. The fraction of sp³-hybridized carbons (Fsp3) is 0.167. The molecular weight excluding hydrogens is 432 g/mol. The number of aromatic nitrogens is 2. The van der Waals surface area contributed by atoms with Crippen molar-refractivity contribution in [1.29, 1.82) is 5.26 Å². The van der Waals surface area contributed by atoms with E-state index in [-0.39, 0.29) is 27.5 Å². The fourth-order valence-corrected chi connectivity index (χ4v) is 4.35. The van der Waals surface area contributed by atoms with Crippen LogP contribution in [0.25, 0.3) is 10.9 Å². The van der Waals surface area contributed by atoms with E-state index in [4.69, 9.17) is 5.26 Å². The van der Waals surface area contributed by atoms with E-state index in [0.29, 0.717) is 15.4 Å². The first-order chi connectivity index (χ1) is 12.8. The van der Waals surface area contributed by atoms with Crippen LogP contribution in [0.15, 0.2) is 50.8 Å². The van der Waals surface area contributed by atoms with E-state index in [1.54, 1.807) is 6.07 Å². The number of halogens is 1. The third-order valence-electron chi connectivity index (χ3n) is 4.02. The first kappa shape index (κ1) is 19.1. The summed E-state index contributed by atoms with van der Waals surface area (Å²) in [5.41, 5.74) is 4.21. The van der Waals surface area contributed by atoms with Crippen molar-refractivity contribution in [1.82, 2.24) is 9.66 Å². The van der Waals surface area contributed by atoms with Crippen LogP contribution in [0.4, 0.5) is 5.69 Å². The molecule has 27 heavy (non-hydrogen) atoms. The first-order valence-electron chi connectivity index (χ1n) is 7.98. The Morgan fingerprint density at radius 3 is 2.70 bits per heavy atom. The number of benzene rings is 2. The van der Waals surface area contributed by atoms with Crippen LogP contribution in [0, 0.1) is 18.3 Å². The van der Waals surface area contributed by atoms with Gasteiger partial charge in [0.15, 0.2) is 9.84 Å². The SMILES string of the molecule is CCS(=O)(=O)c1ccc(C#N)cc1Nn1cnc2c(Br)cc(C)cc2c1=O. The highest BCUT2D eigenvalue weighted by molar-refractivity contribution is 9.10. The van der Waals surface area contributed by atoms with Gasteiger partial charge in [-0.2, -0.15) is 5.26 Å². The van der Waals surface area contributed by atoms with Crippen molar-refractivity contribution >= 4 is 42.4 Å². The Labute approximate surface area is 164 Å². The second-order valence-electron chi connectivity index (χ2n) is 5.90. The molecule has 3 aromatic rings.